The Morgan fingerprint density at radius 1 is 1.16 bits per heavy atom. The molecule has 1 heterocycles. The molecular weight excluding hydrogens is 393 g/mol. The van der Waals surface area contributed by atoms with Gasteiger partial charge in [0.2, 0.25) is 0 Å². The SMILES string of the molecule is CCN(C(=O)n1nnn(-c2c(F)cccc2Br)c1=O)c1ccccc1. The Morgan fingerprint density at radius 2 is 1.88 bits per heavy atom. The molecule has 0 fully saturated rings. The van der Waals surface area contributed by atoms with E-state index in [9.17, 15) is 14.0 Å². The fraction of sp³-hybridized carbons (Fsp3) is 0.125. The first-order valence-electron chi connectivity index (χ1n) is 7.41. The molecule has 0 atom stereocenters. The van der Waals surface area contributed by atoms with E-state index in [1.165, 1.54) is 17.0 Å². The molecule has 0 unspecified atom stereocenters. The lowest BCUT2D eigenvalue weighted by molar-refractivity contribution is 0.244. The molecule has 3 aromatic rings. The van der Waals surface area contributed by atoms with Crippen molar-refractivity contribution in [3.63, 3.8) is 0 Å². The lowest BCUT2D eigenvalue weighted by Gasteiger charge is -2.19. The first kappa shape index (κ1) is 17.0. The van der Waals surface area contributed by atoms with Crippen molar-refractivity contribution in [3.8, 4) is 5.69 Å². The van der Waals surface area contributed by atoms with E-state index in [1.807, 2.05) is 6.07 Å². The quantitative estimate of drug-likeness (QED) is 0.628. The topological polar surface area (TPSA) is 73.0 Å². The largest absolute Gasteiger partial charge is 0.377 e. The highest BCUT2D eigenvalue weighted by Crippen LogP contribution is 2.21. The molecule has 7 nitrogen and oxygen atoms in total. The number of rotatable bonds is 3. The van der Waals surface area contributed by atoms with Crippen LogP contribution in [0.15, 0.2) is 57.8 Å². The number of carbonyl (C=O) groups excluding carboxylic acids is 1. The van der Waals surface area contributed by atoms with E-state index in [2.05, 4.69) is 26.4 Å². The van der Waals surface area contributed by atoms with Gasteiger partial charge in [0.15, 0.2) is 0 Å². The normalized spacial score (nSPS) is 10.7. The summed E-state index contributed by atoms with van der Waals surface area (Å²) in [4.78, 5) is 26.6. The van der Waals surface area contributed by atoms with Crippen LogP contribution in [0, 0.1) is 5.82 Å². The van der Waals surface area contributed by atoms with Crippen LogP contribution in [0.4, 0.5) is 14.9 Å². The molecule has 0 spiro atoms. The van der Waals surface area contributed by atoms with Crippen LogP contribution in [-0.4, -0.2) is 32.4 Å². The van der Waals surface area contributed by atoms with Crippen LogP contribution in [0.5, 0.6) is 0 Å². The Hall–Kier alpha value is -2.81. The maximum Gasteiger partial charge on any atom is 0.377 e. The minimum Gasteiger partial charge on any atom is -0.293 e. The molecule has 128 valence electrons. The summed E-state index contributed by atoms with van der Waals surface area (Å²) in [5.74, 6) is -0.661. The monoisotopic (exact) mass is 405 g/mol. The van der Waals surface area contributed by atoms with Crippen LogP contribution < -0.4 is 10.6 Å². The van der Waals surface area contributed by atoms with Crippen LogP contribution in [0.1, 0.15) is 6.92 Å². The number of halogens is 2. The number of amides is 1. The minimum atomic E-state index is -0.856. The highest BCUT2D eigenvalue weighted by Gasteiger charge is 2.23. The number of hydrogen-bond acceptors (Lipinski definition) is 4. The van der Waals surface area contributed by atoms with Gasteiger partial charge >= 0.3 is 11.7 Å². The van der Waals surface area contributed by atoms with Crippen molar-refractivity contribution in [1.82, 2.24) is 19.8 Å². The number of para-hydroxylation sites is 2. The van der Waals surface area contributed by atoms with Gasteiger partial charge in [0, 0.05) is 16.7 Å². The van der Waals surface area contributed by atoms with Crippen molar-refractivity contribution in [3.05, 3.63) is 69.3 Å². The molecule has 0 N–H and O–H groups in total. The summed E-state index contributed by atoms with van der Waals surface area (Å²) < 4.78 is 15.7. The summed E-state index contributed by atoms with van der Waals surface area (Å²) in [6.07, 6.45) is 0. The second-order valence-electron chi connectivity index (χ2n) is 5.02. The number of carbonyl (C=O) groups is 1. The maximum atomic E-state index is 14.1. The van der Waals surface area contributed by atoms with Gasteiger partial charge in [0.1, 0.15) is 11.5 Å². The molecule has 0 bridgehead atoms. The number of anilines is 1. The van der Waals surface area contributed by atoms with Crippen LogP contribution in [-0.2, 0) is 0 Å². The van der Waals surface area contributed by atoms with E-state index in [0.29, 0.717) is 21.4 Å². The number of benzene rings is 2. The average Bonchev–Trinajstić information content (AvgIpc) is 2.98. The van der Waals surface area contributed by atoms with E-state index in [0.717, 1.165) is 4.68 Å². The van der Waals surface area contributed by atoms with Crippen molar-refractivity contribution in [2.45, 2.75) is 6.92 Å². The Kier molecular flexibility index (Phi) is 4.75. The standard InChI is InChI=1S/C16H13BrFN5O2/c1-2-21(11-7-4-3-5-8-11)15(24)23-16(25)22(19-20-23)14-12(17)9-6-10-13(14)18/h3-10H,2H2,1H3. The van der Waals surface area contributed by atoms with E-state index in [-0.39, 0.29) is 5.69 Å². The third-order valence-electron chi connectivity index (χ3n) is 3.53. The average molecular weight is 406 g/mol. The molecule has 0 saturated carbocycles. The Bertz CT molecular complexity index is 950. The molecule has 0 aliphatic heterocycles. The van der Waals surface area contributed by atoms with E-state index >= 15 is 0 Å². The van der Waals surface area contributed by atoms with Crippen molar-refractivity contribution in [2.24, 2.45) is 0 Å². The second kappa shape index (κ2) is 6.98. The number of aromatic nitrogens is 4. The number of tetrazole rings is 1. The maximum absolute atomic E-state index is 14.1. The van der Waals surface area contributed by atoms with E-state index < -0.39 is 17.5 Å². The highest BCUT2D eigenvalue weighted by atomic mass is 79.9. The molecule has 3 rings (SSSR count). The predicted octanol–water partition coefficient (Wildman–Crippen LogP) is 2.83. The van der Waals surface area contributed by atoms with Gasteiger partial charge < -0.3 is 0 Å². The van der Waals surface area contributed by atoms with Gasteiger partial charge in [0.05, 0.1) is 0 Å². The minimum absolute atomic E-state index is 0.102. The summed E-state index contributed by atoms with van der Waals surface area (Å²) >= 11 is 3.17. The van der Waals surface area contributed by atoms with E-state index in [1.54, 1.807) is 37.3 Å². The molecule has 25 heavy (non-hydrogen) atoms. The van der Waals surface area contributed by atoms with Crippen LogP contribution in [0.2, 0.25) is 0 Å². The smallest absolute Gasteiger partial charge is 0.293 e. The first-order chi connectivity index (χ1) is 12.0. The van der Waals surface area contributed by atoms with Gasteiger partial charge in [-0.2, -0.15) is 4.68 Å². The molecule has 2 aromatic carbocycles. The molecule has 0 radical (unpaired) electrons. The fourth-order valence-electron chi connectivity index (χ4n) is 2.35. The molecule has 9 heteroatoms. The summed E-state index contributed by atoms with van der Waals surface area (Å²) in [6.45, 7) is 2.10. The van der Waals surface area contributed by atoms with Gasteiger partial charge in [-0.3, -0.25) is 4.90 Å². The summed E-state index contributed by atoms with van der Waals surface area (Å²) in [6, 6.07) is 12.4. The van der Waals surface area contributed by atoms with Crippen molar-refractivity contribution < 1.29 is 9.18 Å². The fourth-order valence-corrected chi connectivity index (χ4v) is 2.86. The molecule has 0 saturated heterocycles. The van der Waals surface area contributed by atoms with Crippen molar-refractivity contribution >= 4 is 27.6 Å². The van der Waals surface area contributed by atoms with Crippen LogP contribution in [0.25, 0.3) is 5.69 Å². The third kappa shape index (κ3) is 3.10. The summed E-state index contributed by atoms with van der Waals surface area (Å²) in [7, 11) is 0. The first-order valence-corrected chi connectivity index (χ1v) is 8.20. The van der Waals surface area contributed by atoms with Gasteiger partial charge in [-0.1, -0.05) is 24.3 Å². The van der Waals surface area contributed by atoms with Crippen molar-refractivity contribution in [1.29, 1.82) is 0 Å². The molecule has 1 aromatic heterocycles. The predicted molar refractivity (Wildman–Crippen MR) is 93.5 cm³/mol. The molecular formula is C16H13BrFN5O2. The molecule has 0 aliphatic rings. The van der Waals surface area contributed by atoms with Gasteiger partial charge in [-0.15, -0.1) is 4.68 Å². The van der Waals surface area contributed by atoms with E-state index in [4.69, 9.17) is 0 Å². The Labute approximate surface area is 150 Å². The van der Waals surface area contributed by atoms with Gasteiger partial charge in [0.25, 0.3) is 0 Å². The number of hydrogen-bond donors (Lipinski definition) is 0. The lowest BCUT2D eigenvalue weighted by Crippen LogP contribution is -2.41. The molecule has 0 aliphatic carbocycles. The van der Waals surface area contributed by atoms with Gasteiger partial charge in [-0.05, 0) is 57.5 Å². The zero-order valence-corrected chi connectivity index (χ0v) is 14.7. The highest BCUT2D eigenvalue weighted by molar-refractivity contribution is 9.10. The van der Waals surface area contributed by atoms with Crippen molar-refractivity contribution in [2.75, 3.05) is 11.4 Å². The van der Waals surface area contributed by atoms with Crippen LogP contribution >= 0.6 is 15.9 Å². The summed E-state index contributed by atoms with van der Waals surface area (Å²) in [5.41, 5.74) is -0.344. The Balaban J connectivity index is 2.04. The summed E-state index contributed by atoms with van der Waals surface area (Å²) in [5, 5.41) is 7.25. The Morgan fingerprint density at radius 3 is 2.52 bits per heavy atom. The second-order valence-corrected chi connectivity index (χ2v) is 5.87. The third-order valence-corrected chi connectivity index (χ3v) is 4.17. The molecule has 1 amide bonds. The number of nitrogens with zero attached hydrogens (tertiary/aromatic N) is 5. The zero-order chi connectivity index (χ0) is 18.0. The van der Waals surface area contributed by atoms with Crippen LogP contribution in [0.3, 0.4) is 0 Å². The lowest BCUT2D eigenvalue weighted by atomic mass is 10.3. The van der Waals surface area contributed by atoms with Gasteiger partial charge in [-0.25, -0.2) is 14.0 Å². The zero-order valence-electron chi connectivity index (χ0n) is 13.1.